The second kappa shape index (κ2) is 8.76. The van der Waals surface area contributed by atoms with E-state index in [1.54, 1.807) is 11.3 Å². The van der Waals surface area contributed by atoms with Gasteiger partial charge < -0.3 is 15.6 Å². The van der Waals surface area contributed by atoms with Crippen molar-refractivity contribution in [2.24, 2.45) is 5.73 Å². The summed E-state index contributed by atoms with van der Waals surface area (Å²) < 4.78 is 5.13. The summed E-state index contributed by atoms with van der Waals surface area (Å²) in [5.74, 6) is 1.03. The summed E-state index contributed by atoms with van der Waals surface area (Å²) in [5, 5.41) is 8.67. The maximum Gasteiger partial charge on any atom is 0.227 e. The quantitative estimate of drug-likeness (QED) is 0.809. The number of hydrogen-bond acceptors (Lipinski definition) is 6. The zero-order valence-corrected chi connectivity index (χ0v) is 13.4. The number of nitrogens with two attached hydrogens (primary N) is 1. The van der Waals surface area contributed by atoms with Crippen LogP contribution >= 0.6 is 23.7 Å². The van der Waals surface area contributed by atoms with E-state index in [1.165, 1.54) is 0 Å². The van der Waals surface area contributed by atoms with Gasteiger partial charge in [0.1, 0.15) is 0 Å². The molecule has 0 bridgehead atoms. The zero-order chi connectivity index (χ0) is 14.4. The van der Waals surface area contributed by atoms with Gasteiger partial charge in [-0.25, -0.2) is 0 Å². The third kappa shape index (κ3) is 5.82. The molecule has 21 heavy (non-hydrogen) atoms. The lowest BCUT2D eigenvalue weighted by Gasteiger charge is -2.06. The number of amides is 1. The van der Waals surface area contributed by atoms with Crippen LogP contribution in [0.5, 0.6) is 0 Å². The van der Waals surface area contributed by atoms with Gasteiger partial charge in [0.2, 0.25) is 17.6 Å². The smallest absolute Gasteiger partial charge is 0.227 e. The van der Waals surface area contributed by atoms with Gasteiger partial charge in [-0.15, -0.1) is 23.7 Å². The number of halogens is 1. The Morgan fingerprint density at radius 2 is 2.38 bits per heavy atom. The van der Waals surface area contributed by atoms with Crippen LogP contribution in [0.4, 0.5) is 0 Å². The van der Waals surface area contributed by atoms with E-state index in [9.17, 15) is 4.79 Å². The molecule has 0 saturated heterocycles. The Morgan fingerprint density at radius 3 is 3.05 bits per heavy atom. The van der Waals surface area contributed by atoms with Crippen LogP contribution in [0.1, 0.15) is 25.7 Å². The van der Waals surface area contributed by atoms with Gasteiger partial charge in [0.05, 0.1) is 4.88 Å². The Kier molecular flexibility index (Phi) is 7.35. The van der Waals surface area contributed by atoms with E-state index in [2.05, 4.69) is 15.5 Å². The van der Waals surface area contributed by atoms with Crippen molar-refractivity contribution in [1.29, 1.82) is 0 Å². The van der Waals surface area contributed by atoms with Crippen molar-refractivity contribution in [2.75, 3.05) is 6.54 Å². The molecule has 0 aliphatic rings. The van der Waals surface area contributed by atoms with Crippen LogP contribution in [-0.4, -0.2) is 28.6 Å². The summed E-state index contributed by atoms with van der Waals surface area (Å²) in [7, 11) is 0. The van der Waals surface area contributed by atoms with Crippen LogP contribution < -0.4 is 11.1 Å². The summed E-state index contributed by atoms with van der Waals surface area (Å²) in [6.45, 7) is 2.51. The molecule has 2 rings (SSSR count). The number of carbonyl (C=O) groups is 1. The van der Waals surface area contributed by atoms with Gasteiger partial charge in [-0.05, 0) is 24.8 Å². The molecule has 0 aliphatic carbocycles. The maximum atomic E-state index is 11.6. The number of aryl methyl sites for hydroxylation is 1. The number of nitrogens with one attached hydrogen (secondary N) is 1. The molecule has 0 fully saturated rings. The van der Waals surface area contributed by atoms with Crippen molar-refractivity contribution in [3.05, 3.63) is 23.4 Å². The molecule has 8 heteroatoms. The summed E-state index contributed by atoms with van der Waals surface area (Å²) in [6.07, 6.45) is 1.56. The van der Waals surface area contributed by atoms with Gasteiger partial charge in [-0.3, -0.25) is 4.79 Å². The summed E-state index contributed by atoms with van der Waals surface area (Å²) in [4.78, 5) is 16.8. The Hall–Kier alpha value is -1.44. The second-order valence-corrected chi connectivity index (χ2v) is 5.55. The average molecular weight is 331 g/mol. The molecule has 2 heterocycles. The van der Waals surface area contributed by atoms with Crippen molar-refractivity contribution in [3.63, 3.8) is 0 Å². The number of rotatable bonds is 7. The summed E-state index contributed by atoms with van der Waals surface area (Å²) in [5.41, 5.74) is 5.61. The topological polar surface area (TPSA) is 94.0 Å². The lowest BCUT2D eigenvalue weighted by molar-refractivity contribution is -0.121. The van der Waals surface area contributed by atoms with E-state index in [1.807, 2.05) is 24.4 Å². The standard InChI is InChI=1S/C13H18N4O2S.ClH/c1-9(14)6-7-15-11(18)4-5-12-16-13(17-19-12)10-3-2-8-20-10;/h2-3,8-9H,4-7,14H2,1H3,(H,15,18);1H. The normalized spacial score (nSPS) is 11.7. The highest BCUT2D eigenvalue weighted by Crippen LogP contribution is 2.21. The molecule has 1 amide bonds. The van der Waals surface area contributed by atoms with Crippen LogP contribution in [0.2, 0.25) is 0 Å². The number of hydrogen-bond donors (Lipinski definition) is 2. The van der Waals surface area contributed by atoms with Crippen molar-refractivity contribution in [2.45, 2.75) is 32.2 Å². The molecule has 2 aromatic heterocycles. The van der Waals surface area contributed by atoms with Gasteiger partial charge in [0, 0.05) is 25.4 Å². The van der Waals surface area contributed by atoms with Crippen LogP contribution in [0.3, 0.4) is 0 Å². The van der Waals surface area contributed by atoms with E-state index in [-0.39, 0.29) is 24.4 Å². The molecule has 116 valence electrons. The molecular formula is C13H19ClN4O2S. The molecule has 0 aromatic carbocycles. The first kappa shape index (κ1) is 17.6. The average Bonchev–Trinajstić information content (AvgIpc) is 3.06. The first-order valence-electron chi connectivity index (χ1n) is 6.54. The minimum absolute atomic E-state index is 0. The molecule has 0 spiro atoms. The first-order valence-corrected chi connectivity index (χ1v) is 7.42. The van der Waals surface area contributed by atoms with Gasteiger partial charge in [0.15, 0.2) is 0 Å². The number of carbonyl (C=O) groups excluding carboxylic acids is 1. The van der Waals surface area contributed by atoms with Crippen LogP contribution in [0, 0.1) is 0 Å². The fraction of sp³-hybridized carbons (Fsp3) is 0.462. The summed E-state index contributed by atoms with van der Waals surface area (Å²) >= 11 is 1.55. The second-order valence-electron chi connectivity index (χ2n) is 4.60. The number of thiophene rings is 1. The highest BCUT2D eigenvalue weighted by Gasteiger charge is 2.11. The fourth-order valence-corrected chi connectivity index (χ4v) is 2.26. The van der Waals surface area contributed by atoms with Crippen molar-refractivity contribution in [3.8, 4) is 10.7 Å². The Balaban J connectivity index is 0.00000220. The Bertz CT molecular complexity index is 542. The molecule has 1 unspecified atom stereocenters. The van der Waals surface area contributed by atoms with Gasteiger partial charge >= 0.3 is 0 Å². The predicted octanol–water partition coefficient (Wildman–Crippen LogP) is 2.01. The highest BCUT2D eigenvalue weighted by molar-refractivity contribution is 7.13. The van der Waals surface area contributed by atoms with Crippen molar-refractivity contribution in [1.82, 2.24) is 15.5 Å². The molecular weight excluding hydrogens is 312 g/mol. The van der Waals surface area contributed by atoms with Crippen LogP contribution in [-0.2, 0) is 11.2 Å². The van der Waals surface area contributed by atoms with E-state index in [0.717, 1.165) is 11.3 Å². The maximum absolute atomic E-state index is 11.6. The van der Waals surface area contributed by atoms with Gasteiger partial charge in [0.25, 0.3) is 0 Å². The van der Waals surface area contributed by atoms with Crippen LogP contribution in [0.25, 0.3) is 10.7 Å². The lowest BCUT2D eigenvalue weighted by atomic mass is 10.2. The third-order valence-electron chi connectivity index (χ3n) is 2.70. The van der Waals surface area contributed by atoms with Crippen molar-refractivity contribution < 1.29 is 9.32 Å². The third-order valence-corrected chi connectivity index (χ3v) is 3.56. The van der Waals surface area contributed by atoms with Gasteiger partial charge in [-0.1, -0.05) is 11.2 Å². The largest absolute Gasteiger partial charge is 0.356 e. The minimum atomic E-state index is -0.0264. The molecule has 1 atom stereocenters. The van der Waals surface area contributed by atoms with E-state index in [0.29, 0.717) is 31.1 Å². The molecule has 0 aliphatic heterocycles. The van der Waals surface area contributed by atoms with Gasteiger partial charge in [-0.2, -0.15) is 4.98 Å². The van der Waals surface area contributed by atoms with Crippen molar-refractivity contribution >= 4 is 29.7 Å². The lowest BCUT2D eigenvalue weighted by Crippen LogP contribution is -2.29. The number of aromatic nitrogens is 2. The SMILES string of the molecule is CC(N)CCNC(=O)CCc1nc(-c2cccs2)no1.Cl. The summed E-state index contributed by atoms with van der Waals surface area (Å²) in [6, 6.07) is 3.96. The first-order chi connectivity index (χ1) is 9.65. The molecule has 3 N–H and O–H groups in total. The van der Waals surface area contributed by atoms with E-state index >= 15 is 0 Å². The Morgan fingerprint density at radius 1 is 1.57 bits per heavy atom. The number of nitrogens with zero attached hydrogens (tertiary/aromatic N) is 2. The Labute approximate surface area is 133 Å². The molecule has 2 aromatic rings. The van der Waals surface area contributed by atoms with E-state index in [4.69, 9.17) is 10.3 Å². The van der Waals surface area contributed by atoms with E-state index < -0.39 is 0 Å². The highest BCUT2D eigenvalue weighted by atomic mass is 35.5. The fourth-order valence-electron chi connectivity index (χ4n) is 1.61. The molecule has 6 nitrogen and oxygen atoms in total. The molecule has 0 radical (unpaired) electrons. The predicted molar refractivity (Wildman–Crippen MR) is 84.5 cm³/mol. The molecule has 0 saturated carbocycles. The zero-order valence-electron chi connectivity index (χ0n) is 11.7. The monoisotopic (exact) mass is 330 g/mol. The van der Waals surface area contributed by atoms with Crippen LogP contribution in [0.15, 0.2) is 22.0 Å². The minimum Gasteiger partial charge on any atom is -0.356 e.